The van der Waals surface area contributed by atoms with Crippen LogP contribution in [0, 0.1) is 0 Å². The molecule has 0 saturated heterocycles. The fourth-order valence-corrected chi connectivity index (χ4v) is 3.08. The van der Waals surface area contributed by atoms with Crippen LogP contribution < -0.4 is 9.47 Å². The average molecular weight is 232 g/mol. The summed E-state index contributed by atoms with van der Waals surface area (Å²) in [6.45, 7) is 2.18. The maximum Gasteiger partial charge on any atom is 0.148 e. The molecule has 82 valence electrons. The highest BCUT2D eigenvalue weighted by Gasteiger charge is 2.20. The molecule has 1 atom stereocenters. The van der Waals surface area contributed by atoms with Gasteiger partial charge in [0, 0.05) is 16.0 Å². The van der Waals surface area contributed by atoms with Crippen molar-refractivity contribution in [2.24, 2.45) is 0 Å². The minimum atomic E-state index is 0.437. The molecule has 0 spiro atoms. The third-order valence-corrected chi connectivity index (χ3v) is 4.19. The van der Waals surface area contributed by atoms with Crippen molar-refractivity contribution in [3.05, 3.63) is 35.4 Å². The summed E-state index contributed by atoms with van der Waals surface area (Å²) in [5, 5.41) is 1.15. The maximum atomic E-state index is 5.62. The molecule has 1 aromatic carbocycles. The van der Waals surface area contributed by atoms with E-state index in [0.29, 0.717) is 5.92 Å². The Morgan fingerprint density at radius 1 is 1.38 bits per heavy atom. The second-order valence-electron chi connectivity index (χ2n) is 3.89. The zero-order valence-corrected chi connectivity index (χ0v) is 10.0. The molecule has 0 aliphatic carbocycles. The number of rotatable bonds is 1. The number of benzene rings is 1. The second-order valence-corrected chi connectivity index (χ2v) is 4.98. The van der Waals surface area contributed by atoms with E-state index in [2.05, 4.69) is 19.1 Å². The summed E-state index contributed by atoms with van der Waals surface area (Å²) in [4.78, 5) is 1.30. The van der Waals surface area contributed by atoms with Gasteiger partial charge in [-0.3, -0.25) is 0 Å². The summed E-state index contributed by atoms with van der Waals surface area (Å²) in [6.07, 6.45) is 3.85. The van der Waals surface area contributed by atoms with Crippen LogP contribution in [0.25, 0.3) is 10.1 Å². The lowest BCUT2D eigenvalue weighted by atomic mass is 10.1. The molecule has 3 heteroatoms. The van der Waals surface area contributed by atoms with Crippen LogP contribution in [-0.4, -0.2) is 7.11 Å². The second kappa shape index (κ2) is 3.52. The molecule has 0 fully saturated rings. The smallest absolute Gasteiger partial charge is 0.148 e. The van der Waals surface area contributed by atoms with E-state index in [9.17, 15) is 0 Å². The molecule has 3 rings (SSSR count). The molecule has 2 heterocycles. The molecule has 0 N–H and O–H groups in total. The Morgan fingerprint density at radius 3 is 3.06 bits per heavy atom. The lowest BCUT2D eigenvalue weighted by Crippen LogP contribution is -1.96. The highest BCUT2D eigenvalue weighted by Crippen LogP contribution is 2.45. The molecule has 1 aromatic heterocycles. The third kappa shape index (κ3) is 1.32. The first-order valence-corrected chi connectivity index (χ1v) is 6.05. The largest absolute Gasteiger partial charge is 0.497 e. The Labute approximate surface area is 98.1 Å². The SMILES string of the molecule is COc1ccc2sc3c(c2c1)OC=CC3C. The van der Waals surface area contributed by atoms with Crippen molar-refractivity contribution < 1.29 is 9.47 Å². The maximum absolute atomic E-state index is 5.62. The van der Waals surface area contributed by atoms with Crippen LogP contribution in [0.5, 0.6) is 11.5 Å². The van der Waals surface area contributed by atoms with E-state index >= 15 is 0 Å². The number of methoxy groups -OCH3 is 1. The van der Waals surface area contributed by atoms with Gasteiger partial charge in [-0.15, -0.1) is 11.3 Å². The molecule has 2 nitrogen and oxygen atoms in total. The van der Waals surface area contributed by atoms with Gasteiger partial charge in [0.2, 0.25) is 0 Å². The summed E-state index contributed by atoms with van der Waals surface area (Å²) in [5.41, 5.74) is 0. The van der Waals surface area contributed by atoms with Crippen LogP contribution in [0.3, 0.4) is 0 Å². The zero-order chi connectivity index (χ0) is 11.1. The van der Waals surface area contributed by atoms with Gasteiger partial charge in [-0.1, -0.05) is 6.92 Å². The summed E-state index contributed by atoms with van der Waals surface area (Å²) in [5.74, 6) is 2.31. The van der Waals surface area contributed by atoms with Crippen LogP contribution in [-0.2, 0) is 0 Å². The molecule has 0 amide bonds. The molecule has 1 unspecified atom stereocenters. The highest BCUT2D eigenvalue weighted by molar-refractivity contribution is 7.19. The van der Waals surface area contributed by atoms with E-state index in [-0.39, 0.29) is 0 Å². The molecule has 1 aliphatic heterocycles. The molecular weight excluding hydrogens is 220 g/mol. The molecule has 0 bridgehead atoms. The van der Waals surface area contributed by atoms with Gasteiger partial charge in [-0.25, -0.2) is 0 Å². The van der Waals surface area contributed by atoms with Crippen molar-refractivity contribution in [2.75, 3.05) is 7.11 Å². The fraction of sp³-hybridized carbons (Fsp3) is 0.231. The highest BCUT2D eigenvalue weighted by atomic mass is 32.1. The van der Waals surface area contributed by atoms with Crippen LogP contribution in [0.2, 0.25) is 0 Å². The predicted octanol–water partition coefficient (Wildman–Crippen LogP) is 3.92. The standard InChI is InChI=1S/C13H12O2S/c1-8-5-6-15-12-10-7-9(14-2)3-4-11(10)16-13(8)12/h3-8H,1-2H3. The number of thiophene rings is 1. The Balaban J connectivity index is 2.27. The van der Waals surface area contributed by atoms with Crippen molar-refractivity contribution in [3.63, 3.8) is 0 Å². The summed E-state index contributed by atoms with van der Waals surface area (Å²) in [7, 11) is 1.68. The van der Waals surface area contributed by atoms with E-state index < -0.39 is 0 Å². The van der Waals surface area contributed by atoms with Gasteiger partial charge in [-0.2, -0.15) is 0 Å². The van der Waals surface area contributed by atoms with Gasteiger partial charge in [-0.05, 0) is 24.3 Å². The Bertz CT molecular complexity index is 569. The minimum absolute atomic E-state index is 0.437. The van der Waals surface area contributed by atoms with Crippen LogP contribution in [0.1, 0.15) is 17.7 Å². The van der Waals surface area contributed by atoms with Crippen molar-refractivity contribution in [2.45, 2.75) is 12.8 Å². The van der Waals surface area contributed by atoms with E-state index in [1.165, 1.54) is 9.58 Å². The van der Waals surface area contributed by atoms with Gasteiger partial charge in [0.15, 0.2) is 0 Å². The molecule has 0 saturated carbocycles. The molecule has 0 radical (unpaired) electrons. The number of ether oxygens (including phenoxy) is 2. The third-order valence-electron chi connectivity index (χ3n) is 2.84. The van der Waals surface area contributed by atoms with Crippen molar-refractivity contribution >= 4 is 21.4 Å². The van der Waals surface area contributed by atoms with Crippen molar-refractivity contribution in [1.29, 1.82) is 0 Å². The quantitative estimate of drug-likeness (QED) is 0.742. The Morgan fingerprint density at radius 2 is 2.25 bits per heavy atom. The van der Waals surface area contributed by atoms with E-state index in [4.69, 9.17) is 9.47 Å². The summed E-state index contributed by atoms with van der Waals surface area (Å²) in [6, 6.07) is 6.12. The lowest BCUT2D eigenvalue weighted by molar-refractivity contribution is 0.415. The van der Waals surface area contributed by atoms with E-state index in [1.54, 1.807) is 24.7 Å². The van der Waals surface area contributed by atoms with E-state index in [1.807, 2.05) is 12.1 Å². The first kappa shape index (κ1) is 9.73. The fourth-order valence-electron chi connectivity index (χ4n) is 1.93. The number of allylic oxidation sites excluding steroid dienone is 1. The van der Waals surface area contributed by atoms with Crippen LogP contribution in [0.4, 0.5) is 0 Å². The number of hydrogen-bond donors (Lipinski definition) is 0. The average Bonchev–Trinajstić information content (AvgIpc) is 2.68. The van der Waals surface area contributed by atoms with Crippen molar-refractivity contribution in [1.82, 2.24) is 0 Å². The zero-order valence-electron chi connectivity index (χ0n) is 9.19. The number of hydrogen-bond acceptors (Lipinski definition) is 3. The summed E-state index contributed by atoms with van der Waals surface area (Å²) < 4.78 is 12.1. The van der Waals surface area contributed by atoms with Crippen molar-refractivity contribution in [3.8, 4) is 11.5 Å². The van der Waals surface area contributed by atoms with Crippen LogP contribution >= 0.6 is 11.3 Å². The summed E-state index contributed by atoms with van der Waals surface area (Å²) >= 11 is 1.80. The first-order chi connectivity index (χ1) is 7.79. The van der Waals surface area contributed by atoms with Gasteiger partial charge >= 0.3 is 0 Å². The Kier molecular flexibility index (Phi) is 2.14. The van der Waals surface area contributed by atoms with Gasteiger partial charge in [0.1, 0.15) is 11.5 Å². The molecule has 2 aromatic rings. The normalized spacial score (nSPS) is 18.2. The first-order valence-electron chi connectivity index (χ1n) is 5.23. The number of fused-ring (bicyclic) bond motifs is 3. The topological polar surface area (TPSA) is 18.5 Å². The lowest BCUT2D eigenvalue weighted by Gasteiger charge is -2.12. The van der Waals surface area contributed by atoms with Gasteiger partial charge in [0.25, 0.3) is 0 Å². The minimum Gasteiger partial charge on any atom is -0.497 e. The van der Waals surface area contributed by atoms with Crippen LogP contribution in [0.15, 0.2) is 30.5 Å². The van der Waals surface area contributed by atoms with Gasteiger partial charge < -0.3 is 9.47 Å². The molecule has 1 aliphatic rings. The predicted molar refractivity (Wildman–Crippen MR) is 66.6 cm³/mol. The molecular formula is C13H12O2S. The van der Waals surface area contributed by atoms with Gasteiger partial charge in [0.05, 0.1) is 18.2 Å². The Hall–Kier alpha value is -1.48. The van der Waals surface area contributed by atoms with E-state index in [0.717, 1.165) is 16.9 Å². The monoisotopic (exact) mass is 232 g/mol. The molecule has 16 heavy (non-hydrogen) atoms.